The summed E-state index contributed by atoms with van der Waals surface area (Å²) in [5.41, 5.74) is 6.44. The third-order valence-electron chi connectivity index (χ3n) is 2.83. The molecular formula is C14H16N2O4S. The van der Waals surface area contributed by atoms with Gasteiger partial charge in [-0.15, -0.1) is 0 Å². The van der Waals surface area contributed by atoms with E-state index in [1.165, 1.54) is 26.4 Å². The van der Waals surface area contributed by atoms with Crippen LogP contribution in [0.15, 0.2) is 47.4 Å². The Hall–Kier alpha value is -2.41. The Morgan fingerprint density at radius 3 is 2.19 bits per heavy atom. The molecule has 112 valence electrons. The van der Waals surface area contributed by atoms with E-state index in [0.29, 0.717) is 11.4 Å². The van der Waals surface area contributed by atoms with Gasteiger partial charge in [-0.2, -0.15) is 0 Å². The van der Waals surface area contributed by atoms with E-state index < -0.39 is 10.0 Å². The molecule has 21 heavy (non-hydrogen) atoms. The fraction of sp³-hybridized carbons (Fsp3) is 0.143. The summed E-state index contributed by atoms with van der Waals surface area (Å²) in [4.78, 5) is -0.0489. The Balaban J connectivity index is 2.47. The van der Waals surface area contributed by atoms with Crippen LogP contribution < -0.4 is 19.9 Å². The average molecular weight is 308 g/mol. The molecule has 0 atom stereocenters. The first kappa shape index (κ1) is 15.0. The fourth-order valence-corrected chi connectivity index (χ4v) is 3.07. The SMILES string of the molecule is COc1cc(OC)c(S(=O)(=O)Nc2ccccc2)cc1N. The van der Waals surface area contributed by atoms with Crippen molar-refractivity contribution in [2.45, 2.75) is 4.90 Å². The van der Waals surface area contributed by atoms with Gasteiger partial charge in [-0.25, -0.2) is 8.42 Å². The number of nitrogens with two attached hydrogens (primary N) is 1. The van der Waals surface area contributed by atoms with Crippen LogP contribution >= 0.6 is 0 Å². The Kier molecular flexibility index (Phi) is 4.23. The number of para-hydroxylation sites is 1. The third kappa shape index (κ3) is 3.19. The van der Waals surface area contributed by atoms with Crippen LogP contribution in [0.4, 0.5) is 11.4 Å². The second-order valence-corrected chi connectivity index (χ2v) is 5.87. The van der Waals surface area contributed by atoms with Crippen molar-refractivity contribution in [1.82, 2.24) is 0 Å². The van der Waals surface area contributed by atoms with E-state index in [1.807, 2.05) is 0 Å². The number of rotatable bonds is 5. The van der Waals surface area contributed by atoms with Crippen LogP contribution in [-0.2, 0) is 10.0 Å². The van der Waals surface area contributed by atoms with Gasteiger partial charge < -0.3 is 15.2 Å². The zero-order chi connectivity index (χ0) is 15.5. The summed E-state index contributed by atoms with van der Waals surface area (Å²) in [6, 6.07) is 11.3. The van der Waals surface area contributed by atoms with Gasteiger partial charge in [0, 0.05) is 11.8 Å². The van der Waals surface area contributed by atoms with Gasteiger partial charge in [0.2, 0.25) is 0 Å². The minimum absolute atomic E-state index is 0.0489. The molecule has 0 radical (unpaired) electrons. The Morgan fingerprint density at radius 1 is 1.00 bits per heavy atom. The van der Waals surface area contributed by atoms with E-state index in [0.717, 1.165) is 0 Å². The Morgan fingerprint density at radius 2 is 1.62 bits per heavy atom. The van der Waals surface area contributed by atoms with Crippen LogP contribution in [-0.4, -0.2) is 22.6 Å². The van der Waals surface area contributed by atoms with Crippen molar-refractivity contribution in [2.24, 2.45) is 0 Å². The number of sulfonamides is 1. The number of methoxy groups -OCH3 is 2. The molecule has 6 nitrogen and oxygen atoms in total. The predicted molar refractivity (Wildman–Crippen MR) is 81.2 cm³/mol. The quantitative estimate of drug-likeness (QED) is 0.825. The first-order valence-corrected chi connectivity index (χ1v) is 7.55. The molecule has 2 rings (SSSR count). The van der Waals surface area contributed by atoms with Gasteiger partial charge in [-0.05, 0) is 18.2 Å². The minimum Gasteiger partial charge on any atom is -0.495 e. The van der Waals surface area contributed by atoms with Gasteiger partial charge in [-0.1, -0.05) is 18.2 Å². The van der Waals surface area contributed by atoms with Crippen LogP contribution in [0.2, 0.25) is 0 Å². The summed E-state index contributed by atoms with van der Waals surface area (Å²) in [6.07, 6.45) is 0. The van der Waals surface area contributed by atoms with E-state index in [4.69, 9.17) is 15.2 Å². The molecule has 0 aliphatic carbocycles. The van der Waals surface area contributed by atoms with E-state index in [2.05, 4.69) is 4.72 Å². The monoisotopic (exact) mass is 308 g/mol. The molecule has 0 spiro atoms. The van der Waals surface area contributed by atoms with Crippen molar-refractivity contribution in [2.75, 3.05) is 24.7 Å². The van der Waals surface area contributed by atoms with Crippen molar-refractivity contribution in [3.63, 3.8) is 0 Å². The lowest BCUT2D eigenvalue weighted by Crippen LogP contribution is -2.14. The highest BCUT2D eigenvalue weighted by Gasteiger charge is 2.22. The number of hydrogen-bond donors (Lipinski definition) is 2. The van der Waals surface area contributed by atoms with E-state index >= 15 is 0 Å². The number of ether oxygens (including phenoxy) is 2. The number of anilines is 2. The van der Waals surface area contributed by atoms with Crippen molar-refractivity contribution in [3.05, 3.63) is 42.5 Å². The van der Waals surface area contributed by atoms with Crippen LogP contribution in [0.3, 0.4) is 0 Å². The maximum Gasteiger partial charge on any atom is 0.265 e. The summed E-state index contributed by atoms with van der Waals surface area (Å²) < 4.78 is 37.5. The normalized spacial score (nSPS) is 11.0. The van der Waals surface area contributed by atoms with Gasteiger partial charge in [0.15, 0.2) is 0 Å². The molecule has 0 saturated heterocycles. The van der Waals surface area contributed by atoms with Gasteiger partial charge in [0.25, 0.3) is 10.0 Å². The van der Waals surface area contributed by atoms with Crippen LogP contribution in [0.25, 0.3) is 0 Å². The average Bonchev–Trinajstić information content (AvgIpc) is 2.47. The van der Waals surface area contributed by atoms with E-state index in [1.54, 1.807) is 30.3 Å². The highest BCUT2D eigenvalue weighted by Crippen LogP contribution is 2.34. The molecule has 2 aromatic carbocycles. The van der Waals surface area contributed by atoms with Gasteiger partial charge in [0.05, 0.1) is 19.9 Å². The summed E-state index contributed by atoms with van der Waals surface area (Å²) in [5.74, 6) is 0.509. The van der Waals surface area contributed by atoms with E-state index in [-0.39, 0.29) is 16.3 Å². The minimum atomic E-state index is -3.81. The number of hydrogen-bond acceptors (Lipinski definition) is 5. The first-order valence-electron chi connectivity index (χ1n) is 6.07. The van der Waals surface area contributed by atoms with Crippen molar-refractivity contribution in [3.8, 4) is 11.5 Å². The second kappa shape index (κ2) is 5.92. The molecular weight excluding hydrogens is 292 g/mol. The van der Waals surface area contributed by atoms with Gasteiger partial charge in [-0.3, -0.25) is 4.72 Å². The lowest BCUT2D eigenvalue weighted by Gasteiger charge is -2.14. The van der Waals surface area contributed by atoms with Crippen molar-refractivity contribution in [1.29, 1.82) is 0 Å². The van der Waals surface area contributed by atoms with Crippen molar-refractivity contribution >= 4 is 21.4 Å². The van der Waals surface area contributed by atoms with E-state index in [9.17, 15) is 8.42 Å². The standard InChI is InChI=1S/C14H16N2O4S/c1-19-12-9-13(20-2)14(8-11(12)15)21(17,18)16-10-6-4-3-5-7-10/h3-9,16H,15H2,1-2H3. The molecule has 0 aliphatic rings. The molecule has 2 aromatic rings. The molecule has 0 fully saturated rings. The summed E-state index contributed by atoms with van der Waals surface area (Å²) in [5, 5.41) is 0. The molecule has 0 amide bonds. The zero-order valence-electron chi connectivity index (χ0n) is 11.7. The van der Waals surface area contributed by atoms with Crippen LogP contribution in [0.5, 0.6) is 11.5 Å². The maximum atomic E-state index is 12.4. The molecule has 0 aromatic heterocycles. The third-order valence-corrected chi connectivity index (χ3v) is 4.23. The number of nitrogens with one attached hydrogen (secondary N) is 1. The molecule has 0 saturated carbocycles. The lowest BCUT2D eigenvalue weighted by molar-refractivity contribution is 0.387. The number of benzene rings is 2. The zero-order valence-corrected chi connectivity index (χ0v) is 12.5. The second-order valence-electron chi connectivity index (χ2n) is 4.22. The smallest absolute Gasteiger partial charge is 0.265 e. The van der Waals surface area contributed by atoms with Crippen LogP contribution in [0.1, 0.15) is 0 Å². The topological polar surface area (TPSA) is 90.6 Å². The van der Waals surface area contributed by atoms with Gasteiger partial charge >= 0.3 is 0 Å². The highest BCUT2D eigenvalue weighted by atomic mass is 32.2. The Labute approximate surface area is 123 Å². The highest BCUT2D eigenvalue weighted by molar-refractivity contribution is 7.92. The molecule has 0 bridgehead atoms. The molecule has 0 heterocycles. The van der Waals surface area contributed by atoms with Crippen LogP contribution in [0, 0.1) is 0 Å². The fourth-order valence-electron chi connectivity index (χ4n) is 1.82. The predicted octanol–water partition coefficient (Wildman–Crippen LogP) is 2.09. The molecule has 3 N–H and O–H groups in total. The molecule has 7 heteroatoms. The number of nitrogen functional groups attached to an aromatic ring is 1. The van der Waals surface area contributed by atoms with Gasteiger partial charge in [0.1, 0.15) is 16.4 Å². The molecule has 0 aliphatic heterocycles. The molecule has 0 unspecified atom stereocenters. The first-order chi connectivity index (χ1) is 9.97. The summed E-state index contributed by atoms with van der Waals surface area (Å²) in [6.45, 7) is 0. The lowest BCUT2D eigenvalue weighted by atomic mass is 10.3. The Bertz CT molecular complexity index is 730. The van der Waals surface area contributed by atoms with Crippen molar-refractivity contribution < 1.29 is 17.9 Å². The summed E-state index contributed by atoms with van der Waals surface area (Å²) in [7, 11) is -0.987. The maximum absolute atomic E-state index is 12.4. The largest absolute Gasteiger partial charge is 0.495 e. The summed E-state index contributed by atoms with van der Waals surface area (Å²) >= 11 is 0.